The monoisotopic (exact) mass is 372 g/mol. The van der Waals surface area contributed by atoms with Gasteiger partial charge in [-0.15, -0.1) is 0 Å². The number of thiocarbonyl (C=S) groups is 1. The van der Waals surface area contributed by atoms with Crippen LogP contribution in [0.15, 0.2) is 42.7 Å². The Hall–Kier alpha value is -2.74. The molecule has 3 aromatic rings. The lowest BCUT2D eigenvalue weighted by Crippen LogP contribution is -2.28. The van der Waals surface area contributed by atoms with E-state index in [4.69, 9.17) is 12.2 Å². The van der Waals surface area contributed by atoms with Gasteiger partial charge in [0.15, 0.2) is 10.9 Å². The highest BCUT2D eigenvalue weighted by Crippen LogP contribution is 2.09. The molecule has 0 unspecified atom stereocenters. The van der Waals surface area contributed by atoms with E-state index in [0.717, 1.165) is 23.4 Å². The fraction of sp³-hybridized carbons (Fsp3) is 0.278. The molecule has 6 nitrogen and oxygen atoms in total. The van der Waals surface area contributed by atoms with Gasteiger partial charge in [0.2, 0.25) is 0 Å². The number of nitrogens with one attached hydrogen (secondary N) is 2. The van der Waals surface area contributed by atoms with Gasteiger partial charge in [0.05, 0.1) is 12.2 Å². The van der Waals surface area contributed by atoms with Crippen molar-refractivity contribution in [3.63, 3.8) is 0 Å². The van der Waals surface area contributed by atoms with E-state index in [9.17, 15) is 4.39 Å². The number of rotatable bonds is 6. The minimum atomic E-state index is -0.243. The Balaban J connectivity index is 1.52. The lowest BCUT2D eigenvalue weighted by atomic mass is 10.2. The van der Waals surface area contributed by atoms with Crippen LogP contribution in [0.2, 0.25) is 0 Å². The molecule has 0 amide bonds. The van der Waals surface area contributed by atoms with E-state index in [1.54, 1.807) is 16.8 Å². The van der Waals surface area contributed by atoms with Crippen LogP contribution in [-0.4, -0.2) is 24.7 Å². The highest BCUT2D eigenvalue weighted by atomic mass is 32.1. The summed E-state index contributed by atoms with van der Waals surface area (Å²) < 4.78 is 16.6. The molecule has 136 valence electrons. The molecule has 8 heteroatoms. The van der Waals surface area contributed by atoms with E-state index in [1.807, 2.05) is 30.1 Å². The van der Waals surface area contributed by atoms with Gasteiger partial charge in [-0.25, -0.2) is 4.39 Å². The zero-order valence-corrected chi connectivity index (χ0v) is 15.6. The molecule has 0 fully saturated rings. The van der Waals surface area contributed by atoms with Crippen LogP contribution in [0.25, 0.3) is 0 Å². The number of halogens is 1. The SMILES string of the molecule is CCn1cc(CNC(=S)Nc2ccn(Cc3ccc(F)cc3)n2)c(C)n1. The van der Waals surface area contributed by atoms with Gasteiger partial charge in [-0.2, -0.15) is 10.2 Å². The smallest absolute Gasteiger partial charge is 0.172 e. The largest absolute Gasteiger partial charge is 0.358 e. The van der Waals surface area contributed by atoms with Crippen molar-refractivity contribution in [2.45, 2.75) is 33.5 Å². The van der Waals surface area contributed by atoms with Crippen LogP contribution in [0.1, 0.15) is 23.7 Å². The summed E-state index contributed by atoms with van der Waals surface area (Å²) in [5, 5.41) is 15.6. The predicted octanol–water partition coefficient (Wildman–Crippen LogP) is 3.08. The number of hydrogen-bond acceptors (Lipinski definition) is 3. The van der Waals surface area contributed by atoms with E-state index in [1.165, 1.54) is 12.1 Å². The Kier molecular flexibility index (Phi) is 5.62. The number of benzene rings is 1. The summed E-state index contributed by atoms with van der Waals surface area (Å²) in [6.45, 7) is 6.05. The Labute approximate surface area is 157 Å². The van der Waals surface area contributed by atoms with Crippen LogP contribution < -0.4 is 10.6 Å². The van der Waals surface area contributed by atoms with Crippen molar-refractivity contribution in [3.8, 4) is 0 Å². The maximum atomic E-state index is 13.0. The zero-order chi connectivity index (χ0) is 18.5. The minimum absolute atomic E-state index is 0.243. The molecule has 0 aliphatic carbocycles. The van der Waals surface area contributed by atoms with E-state index < -0.39 is 0 Å². The molecule has 3 rings (SSSR count). The van der Waals surface area contributed by atoms with Crippen LogP contribution in [0, 0.1) is 12.7 Å². The molecular formula is C18H21FN6S. The highest BCUT2D eigenvalue weighted by molar-refractivity contribution is 7.80. The number of nitrogens with zero attached hydrogens (tertiary/aromatic N) is 4. The zero-order valence-electron chi connectivity index (χ0n) is 14.7. The first-order valence-corrected chi connectivity index (χ1v) is 8.80. The Bertz CT molecular complexity index is 883. The fourth-order valence-electron chi connectivity index (χ4n) is 2.52. The van der Waals surface area contributed by atoms with Crippen molar-refractivity contribution >= 4 is 23.1 Å². The molecule has 0 bridgehead atoms. The standard InChI is InChI=1S/C18H21FN6S/c1-3-24-12-15(13(2)22-24)10-20-18(26)21-17-8-9-25(23-17)11-14-4-6-16(19)7-5-14/h4-9,12H,3,10-11H2,1-2H3,(H2,20,21,23,26). The average molecular weight is 372 g/mol. The summed E-state index contributed by atoms with van der Waals surface area (Å²) in [5.41, 5.74) is 3.08. The van der Waals surface area contributed by atoms with Crippen molar-refractivity contribution in [3.05, 3.63) is 65.4 Å². The number of aromatic nitrogens is 4. The van der Waals surface area contributed by atoms with Crippen molar-refractivity contribution < 1.29 is 4.39 Å². The van der Waals surface area contributed by atoms with Crippen LogP contribution in [0.4, 0.5) is 10.2 Å². The van der Waals surface area contributed by atoms with Gasteiger partial charge in [-0.1, -0.05) is 12.1 Å². The molecule has 1 aromatic carbocycles. The van der Waals surface area contributed by atoms with Crippen LogP contribution in [0.3, 0.4) is 0 Å². The van der Waals surface area contributed by atoms with Gasteiger partial charge in [-0.05, 0) is 43.8 Å². The minimum Gasteiger partial charge on any atom is -0.358 e. The molecule has 2 N–H and O–H groups in total. The second-order valence-corrected chi connectivity index (χ2v) is 6.34. The van der Waals surface area contributed by atoms with E-state index >= 15 is 0 Å². The van der Waals surface area contributed by atoms with Crippen LogP contribution >= 0.6 is 12.2 Å². The van der Waals surface area contributed by atoms with Crippen LogP contribution in [-0.2, 0) is 19.6 Å². The molecule has 0 aliphatic heterocycles. The summed E-state index contributed by atoms with van der Waals surface area (Å²) in [5.74, 6) is 0.415. The maximum absolute atomic E-state index is 13.0. The summed E-state index contributed by atoms with van der Waals surface area (Å²) in [6.07, 6.45) is 3.87. The fourth-order valence-corrected chi connectivity index (χ4v) is 2.70. The van der Waals surface area contributed by atoms with Crippen molar-refractivity contribution in [2.24, 2.45) is 0 Å². The third-order valence-electron chi connectivity index (χ3n) is 3.95. The Morgan fingerprint density at radius 3 is 2.62 bits per heavy atom. The number of hydrogen-bond donors (Lipinski definition) is 2. The first kappa shape index (κ1) is 18.1. The molecule has 0 aliphatic rings. The molecular weight excluding hydrogens is 351 g/mol. The van der Waals surface area contributed by atoms with Crippen LogP contribution in [0.5, 0.6) is 0 Å². The topological polar surface area (TPSA) is 59.7 Å². The Morgan fingerprint density at radius 1 is 1.15 bits per heavy atom. The second-order valence-electron chi connectivity index (χ2n) is 5.93. The summed E-state index contributed by atoms with van der Waals surface area (Å²) in [6, 6.07) is 8.22. The van der Waals surface area contributed by atoms with Gasteiger partial charge in [0.25, 0.3) is 0 Å². The number of aryl methyl sites for hydroxylation is 2. The average Bonchev–Trinajstić information content (AvgIpc) is 3.21. The maximum Gasteiger partial charge on any atom is 0.172 e. The molecule has 0 spiro atoms. The van der Waals surface area contributed by atoms with Gasteiger partial charge in [-0.3, -0.25) is 9.36 Å². The lowest BCUT2D eigenvalue weighted by molar-refractivity contribution is 0.624. The predicted molar refractivity (Wildman–Crippen MR) is 103 cm³/mol. The van der Waals surface area contributed by atoms with Gasteiger partial charge in [0.1, 0.15) is 5.82 Å². The second kappa shape index (κ2) is 8.09. The first-order chi connectivity index (χ1) is 12.5. The first-order valence-electron chi connectivity index (χ1n) is 8.39. The Morgan fingerprint density at radius 2 is 1.92 bits per heavy atom. The van der Waals surface area contributed by atoms with Crippen molar-refractivity contribution in [1.29, 1.82) is 0 Å². The molecule has 2 aromatic heterocycles. The summed E-state index contributed by atoms with van der Waals surface area (Å²) >= 11 is 5.33. The van der Waals surface area contributed by atoms with Crippen molar-refractivity contribution in [2.75, 3.05) is 5.32 Å². The van der Waals surface area contributed by atoms with Gasteiger partial charge >= 0.3 is 0 Å². The highest BCUT2D eigenvalue weighted by Gasteiger charge is 2.06. The molecule has 2 heterocycles. The van der Waals surface area contributed by atoms with Gasteiger partial charge in [0, 0.05) is 37.1 Å². The molecule has 0 saturated heterocycles. The van der Waals surface area contributed by atoms with Crippen molar-refractivity contribution in [1.82, 2.24) is 24.9 Å². The molecule has 26 heavy (non-hydrogen) atoms. The molecule has 0 saturated carbocycles. The molecule has 0 radical (unpaired) electrons. The molecule has 0 atom stereocenters. The van der Waals surface area contributed by atoms with E-state index in [2.05, 4.69) is 27.8 Å². The summed E-state index contributed by atoms with van der Waals surface area (Å²) in [4.78, 5) is 0. The normalized spacial score (nSPS) is 10.7. The lowest BCUT2D eigenvalue weighted by Gasteiger charge is -2.08. The van der Waals surface area contributed by atoms with Gasteiger partial charge < -0.3 is 10.6 Å². The summed E-state index contributed by atoms with van der Waals surface area (Å²) in [7, 11) is 0. The third kappa shape index (κ3) is 4.66. The van der Waals surface area contributed by atoms with E-state index in [0.29, 0.717) is 24.0 Å². The quantitative estimate of drug-likeness (QED) is 0.651. The number of anilines is 1. The third-order valence-corrected chi connectivity index (χ3v) is 4.20. The van der Waals surface area contributed by atoms with E-state index in [-0.39, 0.29) is 5.82 Å².